The lowest BCUT2D eigenvalue weighted by Gasteiger charge is -2.12. The SMILES string of the molecule is N#Cc1ccc(CNC(=O)c2cc(-c3ccc(OC(F)(F)F)cc3)cc(OC(=O)NC(=O)C3CC3)n2)cc1. The van der Waals surface area contributed by atoms with Crippen molar-refractivity contribution < 1.29 is 37.0 Å². The van der Waals surface area contributed by atoms with Crippen LogP contribution in [-0.4, -0.2) is 29.3 Å². The molecule has 1 heterocycles. The van der Waals surface area contributed by atoms with Crippen LogP contribution in [0.15, 0.2) is 60.7 Å². The molecule has 194 valence electrons. The fourth-order valence-electron chi connectivity index (χ4n) is 3.33. The fourth-order valence-corrected chi connectivity index (χ4v) is 3.33. The highest BCUT2D eigenvalue weighted by molar-refractivity contribution is 5.96. The van der Waals surface area contributed by atoms with Crippen molar-refractivity contribution in [2.75, 3.05) is 0 Å². The second-order valence-electron chi connectivity index (χ2n) is 8.30. The average Bonchev–Trinajstić information content (AvgIpc) is 3.72. The van der Waals surface area contributed by atoms with Crippen LogP contribution in [0.1, 0.15) is 34.5 Å². The van der Waals surface area contributed by atoms with E-state index in [4.69, 9.17) is 10.00 Å². The molecule has 3 aromatic rings. The molecule has 1 saturated carbocycles. The smallest absolute Gasteiger partial charge is 0.406 e. The summed E-state index contributed by atoms with van der Waals surface area (Å²) in [5, 5.41) is 13.7. The second kappa shape index (κ2) is 11.0. The first-order chi connectivity index (χ1) is 18.1. The van der Waals surface area contributed by atoms with Gasteiger partial charge < -0.3 is 14.8 Å². The summed E-state index contributed by atoms with van der Waals surface area (Å²) in [4.78, 5) is 41.0. The monoisotopic (exact) mass is 524 g/mol. The van der Waals surface area contributed by atoms with Gasteiger partial charge in [-0.1, -0.05) is 24.3 Å². The van der Waals surface area contributed by atoms with Crippen LogP contribution in [0.3, 0.4) is 0 Å². The number of ether oxygens (including phenoxy) is 2. The number of benzene rings is 2. The Morgan fingerprint density at radius 2 is 1.68 bits per heavy atom. The molecule has 1 aliphatic carbocycles. The minimum atomic E-state index is -4.86. The molecule has 3 amide bonds. The molecule has 12 heteroatoms. The summed E-state index contributed by atoms with van der Waals surface area (Å²) in [6, 6.07) is 16.0. The first-order valence-electron chi connectivity index (χ1n) is 11.3. The topological polar surface area (TPSA) is 130 Å². The van der Waals surface area contributed by atoms with E-state index in [0.717, 1.165) is 12.1 Å². The second-order valence-corrected chi connectivity index (χ2v) is 8.30. The van der Waals surface area contributed by atoms with Crippen molar-refractivity contribution in [3.8, 4) is 28.8 Å². The van der Waals surface area contributed by atoms with E-state index in [9.17, 15) is 27.6 Å². The van der Waals surface area contributed by atoms with Crippen LogP contribution >= 0.6 is 0 Å². The van der Waals surface area contributed by atoms with Gasteiger partial charge in [0.2, 0.25) is 11.8 Å². The Balaban J connectivity index is 1.55. The first-order valence-corrected chi connectivity index (χ1v) is 11.3. The maximum Gasteiger partial charge on any atom is 0.573 e. The van der Waals surface area contributed by atoms with Crippen LogP contribution < -0.4 is 20.1 Å². The number of aromatic nitrogens is 1. The van der Waals surface area contributed by atoms with Gasteiger partial charge in [0.05, 0.1) is 11.6 Å². The molecule has 0 bridgehead atoms. The molecule has 38 heavy (non-hydrogen) atoms. The summed E-state index contributed by atoms with van der Waals surface area (Å²) in [7, 11) is 0. The quantitative estimate of drug-likeness (QED) is 0.466. The molecule has 0 spiro atoms. The number of carbonyl (C=O) groups is 3. The summed E-state index contributed by atoms with van der Waals surface area (Å²) in [5.41, 5.74) is 1.70. The van der Waals surface area contributed by atoms with Crippen LogP contribution in [0, 0.1) is 17.2 Å². The number of pyridine rings is 1. The van der Waals surface area contributed by atoms with Gasteiger partial charge in [-0.25, -0.2) is 9.78 Å². The van der Waals surface area contributed by atoms with Crippen LogP contribution in [0.2, 0.25) is 0 Å². The zero-order valence-electron chi connectivity index (χ0n) is 19.5. The summed E-state index contributed by atoms with van der Waals surface area (Å²) < 4.78 is 46.5. The molecule has 0 saturated heterocycles. The molecular weight excluding hydrogens is 505 g/mol. The van der Waals surface area contributed by atoms with Gasteiger partial charge in [0.1, 0.15) is 11.4 Å². The minimum Gasteiger partial charge on any atom is -0.406 e. The lowest BCUT2D eigenvalue weighted by atomic mass is 10.1. The Morgan fingerprint density at radius 3 is 2.29 bits per heavy atom. The number of hydrogen-bond donors (Lipinski definition) is 2. The molecule has 0 radical (unpaired) electrons. The zero-order valence-corrected chi connectivity index (χ0v) is 19.5. The van der Waals surface area contributed by atoms with Crippen molar-refractivity contribution >= 4 is 17.9 Å². The highest BCUT2D eigenvalue weighted by Crippen LogP contribution is 2.30. The van der Waals surface area contributed by atoms with Crippen molar-refractivity contribution in [1.29, 1.82) is 5.26 Å². The fraction of sp³-hybridized carbons (Fsp3) is 0.192. The highest BCUT2D eigenvalue weighted by atomic mass is 19.4. The van der Waals surface area contributed by atoms with Crippen molar-refractivity contribution in [3.05, 3.63) is 77.5 Å². The molecule has 9 nitrogen and oxygen atoms in total. The van der Waals surface area contributed by atoms with Gasteiger partial charge in [-0.3, -0.25) is 14.9 Å². The molecule has 0 aliphatic heterocycles. The van der Waals surface area contributed by atoms with E-state index in [1.165, 1.54) is 24.3 Å². The lowest BCUT2D eigenvalue weighted by Crippen LogP contribution is -2.34. The number of nitrogens with zero attached hydrogens (tertiary/aromatic N) is 2. The molecule has 2 aromatic carbocycles. The van der Waals surface area contributed by atoms with E-state index < -0.39 is 30.0 Å². The van der Waals surface area contributed by atoms with E-state index in [-0.39, 0.29) is 24.0 Å². The third kappa shape index (κ3) is 7.30. The first kappa shape index (κ1) is 26.2. The third-order valence-corrected chi connectivity index (χ3v) is 5.36. The normalized spacial score (nSPS) is 12.7. The van der Waals surface area contributed by atoms with E-state index >= 15 is 0 Å². The van der Waals surface area contributed by atoms with Crippen molar-refractivity contribution in [2.45, 2.75) is 25.7 Å². The van der Waals surface area contributed by atoms with E-state index in [1.54, 1.807) is 24.3 Å². The number of alkyl halides is 3. The summed E-state index contributed by atoms with van der Waals surface area (Å²) >= 11 is 0. The van der Waals surface area contributed by atoms with Gasteiger partial charge in [0.15, 0.2) is 0 Å². The third-order valence-electron chi connectivity index (χ3n) is 5.36. The van der Waals surface area contributed by atoms with Gasteiger partial charge in [0, 0.05) is 18.5 Å². The Hall–Kier alpha value is -4.92. The minimum absolute atomic E-state index is 0.104. The van der Waals surface area contributed by atoms with E-state index in [0.29, 0.717) is 35.1 Å². The van der Waals surface area contributed by atoms with Gasteiger partial charge in [-0.2, -0.15) is 5.26 Å². The molecule has 2 N–H and O–H groups in total. The number of nitriles is 1. The van der Waals surface area contributed by atoms with Gasteiger partial charge in [-0.15, -0.1) is 13.2 Å². The Kier molecular flexibility index (Phi) is 7.57. The Labute approximate surface area is 214 Å². The summed E-state index contributed by atoms with van der Waals surface area (Å²) in [6.07, 6.45) is -4.59. The largest absolute Gasteiger partial charge is 0.573 e. The molecule has 0 atom stereocenters. The lowest BCUT2D eigenvalue weighted by molar-refractivity contribution is -0.274. The van der Waals surface area contributed by atoms with E-state index in [2.05, 4.69) is 20.4 Å². The predicted octanol–water partition coefficient (Wildman–Crippen LogP) is 4.47. The molecule has 1 fully saturated rings. The van der Waals surface area contributed by atoms with Crippen LogP contribution in [0.25, 0.3) is 11.1 Å². The standard InChI is InChI=1S/C26H19F3N4O5/c27-26(28,29)38-20-9-7-17(8-10-20)19-11-21(24(35)31-14-16-3-1-15(13-30)2-4-16)32-22(12-19)37-25(36)33-23(34)18-5-6-18/h1-4,7-12,18H,5-6,14H2,(H,31,35)(H,33,34,36). The Morgan fingerprint density at radius 1 is 1.00 bits per heavy atom. The summed E-state index contributed by atoms with van der Waals surface area (Å²) in [6.45, 7) is 0.104. The predicted molar refractivity (Wildman–Crippen MR) is 126 cm³/mol. The van der Waals surface area contributed by atoms with Crippen molar-refractivity contribution in [2.24, 2.45) is 5.92 Å². The van der Waals surface area contributed by atoms with Crippen LogP contribution in [-0.2, 0) is 11.3 Å². The van der Waals surface area contributed by atoms with Crippen molar-refractivity contribution in [1.82, 2.24) is 15.6 Å². The molecule has 0 unspecified atom stereocenters. The van der Waals surface area contributed by atoms with Gasteiger partial charge >= 0.3 is 12.5 Å². The molecular formula is C26H19F3N4O5. The molecule has 1 aromatic heterocycles. The number of imide groups is 1. The highest BCUT2D eigenvalue weighted by Gasteiger charge is 2.32. The average molecular weight is 524 g/mol. The van der Waals surface area contributed by atoms with Crippen LogP contribution in [0.5, 0.6) is 11.6 Å². The Bertz CT molecular complexity index is 1400. The number of hydrogen-bond acceptors (Lipinski definition) is 7. The van der Waals surface area contributed by atoms with Gasteiger partial charge in [0.25, 0.3) is 5.91 Å². The van der Waals surface area contributed by atoms with Crippen LogP contribution in [0.4, 0.5) is 18.0 Å². The maximum atomic E-state index is 12.9. The molecule has 1 aliphatic rings. The van der Waals surface area contributed by atoms with E-state index in [1.807, 2.05) is 6.07 Å². The number of halogens is 3. The molecule has 4 rings (SSSR count). The summed E-state index contributed by atoms with van der Waals surface area (Å²) in [5.74, 6) is -2.10. The number of rotatable bonds is 7. The van der Waals surface area contributed by atoms with Crippen molar-refractivity contribution in [3.63, 3.8) is 0 Å². The number of amides is 3. The number of nitrogens with one attached hydrogen (secondary N) is 2. The maximum absolute atomic E-state index is 12.9. The number of carbonyl (C=O) groups excluding carboxylic acids is 3. The zero-order chi connectivity index (χ0) is 27.3. The van der Waals surface area contributed by atoms with Gasteiger partial charge in [-0.05, 0) is 59.9 Å².